The van der Waals surface area contributed by atoms with Crippen LogP contribution in [0.5, 0.6) is 0 Å². The molecule has 0 aliphatic rings. The first kappa shape index (κ1) is 14.7. The molecule has 0 aromatic heterocycles. The number of hydrogen-bond acceptors (Lipinski definition) is 0. The van der Waals surface area contributed by atoms with Gasteiger partial charge < -0.3 is 0 Å². The van der Waals surface area contributed by atoms with E-state index in [-0.39, 0.29) is 6.42 Å². The van der Waals surface area contributed by atoms with Crippen molar-refractivity contribution in [2.24, 2.45) is 0 Å². The van der Waals surface area contributed by atoms with E-state index >= 15 is 0 Å². The van der Waals surface area contributed by atoms with E-state index in [0.717, 1.165) is 0 Å². The van der Waals surface area contributed by atoms with Crippen molar-refractivity contribution in [3.05, 3.63) is 0 Å². The molecular formula is C8H12Cl3F3. The third-order valence-corrected chi connectivity index (χ3v) is 3.03. The second kappa shape index (κ2) is 6.29. The first-order chi connectivity index (χ1) is 6.31. The van der Waals surface area contributed by atoms with E-state index in [2.05, 4.69) is 0 Å². The minimum Gasteiger partial charge on any atom is -0.251 e. The quantitative estimate of drug-likeness (QED) is 0.456. The van der Waals surface area contributed by atoms with E-state index < -0.39 is 16.4 Å². The predicted octanol–water partition coefficient (Wildman–Crippen LogP) is 4.91. The fraction of sp³-hybridized carbons (Fsp3) is 1.00. The number of alkyl halides is 6. The molecular weight excluding hydrogens is 259 g/mol. The van der Waals surface area contributed by atoms with Crippen molar-refractivity contribution < 1.29 is 13.2 Å². The molecule has 0 bridgehead atoms. The van der Waals surface area contributed by atoms with Crippen molar-refractivity contribution in [2.45, 2.75) is 41.8 Å². The minimum atomic E-state index is -3.09. The van der Waals surface area contributed by atoms with Gasteiger partial charge in [-0.25, -0.2) is 8.78 Å². The van der Waals surface area contributed by atoms with E-state index in [0.29, 0.717) is 25.7 Å². The van der Waals surface area contributed by atoms with E-state index in [1.807, 2.05) is 0 Å². The second-order valence-electron chi connectivity index (χ2n) is 3.06. The number of rotatable bonds is 7. The fourth-order valence-corrected chi connectivity index (χ4v) is 1.26. The molecule has 0 aliphatic carbocycles. The molecule has 14 heavy (non-hydrogen) atoms. The Bertz CT molecular complexity index is 156. The lowest BCUT2D eigenvalue weighted by molar-refractivity contribution is 0.142. The van der Waals surface area contributed by atoms with Gasteiger partial charge in [0, 0.05) is 6.42 Å². The molecule has 86 valence electrons. The highest BCUT2D eigenvalue weighted by Crippen LogP contribution is 2.45. The molecule has 1 atom stereocenters. The molecule has 0 nitrogen and oxygen atoms in total. The molecule has 0 fully saturated rings. The number of hydrogen-bond donors (Lipinski definition) is 0. The van der Waals surface area contributed by atoms with Crippen molar-refractivity contribution in [2.75, 3.05) is 6.67 Å². The topological polar surface area (TPSA) is 0 Å². The van der Waals surface area contributed by atoms with Gasteiger partial charge >= 0.3 is 4.59 Å². The third kappa shape index (κ3) is 5.52. The van der Waals surface area contributed by atoms with Crippen LogP contribution < -0.4 is 0 Å². The maximum absolute atomic E-state index is 13.2. The zero-order valence-corrected chi connectivity index (χ0v) is 9.78. The van der Waals surface area contributed by atoms with Crippen LogP contribution in [0.2, 0.25) is 0 Å². The van der Waals surface area contributed by atoms with Gasteiger partial charge in [0.1, 0.15) is 0 Å². The van der Waals surface area contributed by atoms with Crippen molar-refractivity contribution in [3.8, 4) is 0 Å². The Morgan fingerprint density at radius 3 is 1.79 bits per heavy atom. The van der Waals surface area contributed by atoms with Gasteiger partial charge in [0.2, 0.25) is 5.13 Å². The Morgan fingerprint density at radius 1 is 0.857 bits per heavy atom. The Balaban J connectivity index is 3.67. The van der Waals surface area contributed by atoms with Crippen LogP contribution in [0.15, 0.2) is 0 Å². The van der Waals surface area contributed by atoms with Crippen LogP contribution in [-0.4, -0.2) is 16.4 Å². The SMILES string of the molecule is FCCCCCCC(F)(Cl)C(F)(Cl)Cl. The lowest BCUT2D eigenvalue weighted by atomic mass is 10.1. The van der Waals surface area contributed by atoms with Crippen LogP contribution in [0.3, 0.4) is 0 Å². The monoisotopic (exact) mass is 270 g/mol. The molecule has 6 heteroatoms. The van der Waals surface area contributed by atoms with Gasteiger partial charge in [-0.3, -0.25) is 4.39 Å². The highest BCUT2D eigenvalue weighted by atomic mass is 35.5. The Labute approximate surface area is 96.7 Å². The molecule has 0 saturated heterocycles. The largest absolute Gasteiger partial charge is 0.305 e. The smallest absolute Gasteiger partial charge is 0.251 e. The minimum absolute atomic E-state index is 0.287. The standard InChI is InChI=1S/C8H12Cl3F3/c9-7(13,8(10,11)14)5-3-1-2-4-6-12/h1-6H2. The van der Waals surface area contributed by atoms with Crippen LogP contribution in [0.25, 0.3) is 0 Å². The van der Waals surface area contributed by atoms with Crippen molar-refractivity contribution in [1.29, 1.82) is 0 Å². The fourth-order valence-electron chi connectivity index (χ4n) is 0.937. The molecule has 0 radical (unpaired) electrons. The summed E-state index contributed by atoms with van der Waals surface area (Å²) in [6.07, 6.45) is 1.65. The summed E-state index contributed by atoms with van der Waals surface area (Å²) >= 11 is 14.9. The molecule has 0 N–H and O–H groups in total. The van der Waals surface area contributed by atoms with Gasteiger partial charge in [-0.05, 0) is 12.8 Å². The molecule has 1 unspecified atom stereocenters. The summed E-state index contributed by atoms with van der Waals surface area (Å²) in [6.45, 7) is -0.403. The molecule has 0 amide bonds. The molecule has 0 heterocycles. The predicted molar refractivity (Wildman–Crippen MR) is 54.3 cm³/mol. The average molecular weight is 272 g/mol. The second-order valence-corrected chi connectivity index (χ2v) is 4.89. The van der Waals surface area contributed by atoms with Crippen molar-refractivity contribution >= 4 is 34.8 Å². The first-order valence-electron chi connectivity index (χ1n) is 4.32. The third-order valence-electron chi connectivity index (χ3n) is 1.79. The van der Waals surface area contributed by atoms with E-state index in [9.17, 15) is 13.2 Å². The molecule has 0 aromatic carbocycles. The normalized spacial score (nSPS) is 16.7. The zero-order valence-electron chi connectivity index (χ0n) is 7.51. The van der Waals surface area contributed by atoms with Crippen molar-refractivity contribution in [3.63, 3.8) is 0 Å². The molecule has 0 aliphatic heterocycles. The molecule has 0 saturated carbocycles. The highest BCUT2D eigenvalue weighted by molar-refractivity contribution is 6.51. The van der Waals surface area contributed by atoms with Gasteiger partial charge in [-0.1, -0.05) is 47.6 Å². The highest BCUT2D eigenvalue weighted by Gasteiger charge is 2.49. The van der Waals surface area contributed by atoms with E-state index in [4.69, 9.17) is 34.8 Å². The van der Waals surface area contributed by atoms with Crippen molar-refractivity contribution in [1.82, 2.24) is 0 Å². The molecule has 0 rings (SSSR count). The number of halogens is 6. The van der Waals surface area contributed by atoms with E-state index in [1.165, 1.54) is 0 Å². The van der Waals surface area contributed by atoms with Gasteiger partial charge in [0.15, 0.2) is 0 Å². The molecule has 0 spiro atoms. The summed E-state index contributed by atoms with van der Waals surface area (Å²) in [4.78, 5) is 0. The Hall–Kier alpha value is 0.660. The Kier molecular flexibility index (Phi) is 6.58. The van der Waals surface area contributed by atoms with Crippen LogP contribution in [-0.2, 0) is 0 Å². The summed E-state index contributed by atoms with van der Waals surface area (Å²) in [6, 6.07) is 0. The maximum Gasteiger partial charge on any atom is 0.305 e. The summed E-state index contributed by atoms with van der Waals surface area (Å²) in [7, 11) is 0. The summed E-state index contributed by atoms with van der Waals surface area (Å²) < 4.78 is 34.4. The van der Waals surface area contributed by atoms with Crippen LogP contribution >= 0.6 is 34.8 Å². The lowest BCUT2D eigenvalue weighted by Crippen LogP contribution is -2.32. The Morgan fingerprint density at radius 2 is 1.36 bits per heavy atom. The van der Waals surface area contributed by atoms with Crippen LogP contribution in [0, 0.1) is 0 Å². The summed E-state index contributed by atoms with van der Waals surface area (Å²) in [5.74, 6) is 0. The zero-order chi connectivity index (χ0) is 11.2. The maximum atomic E-state index is 13.2. The van der Waals surface area contributed by atoms with E-state index in [1.54, 1.807) is 0 Å². The molecule has 0 aromatic rings. The summed E-state index contributed by atoms with van der Waals surface area (Å²) in [5, 5.41) is -2.77. The van der Waals surface area contributed by atoms with Crippen LogP contribution in [0.1, 0.15) is 32.1 Å². The number of unbranched alkanes of at least 4 members (excludes halogenated alkanes) is 3. The lowest BCUT2D eigenvalue weighted by Gasteiger charge is -2.23. The first-order valence-corrected chi connectivity index (χ1v) is 5.45. The van der Waals surface area contributed by atoms with Gasteiger partial charge in [0.05, 0.1) is 6.67 Å². The van der Waals surface area contributed by atoms with Gasteiger partial charge in [-0.15, -0.1) is 0 Å². The van der Waals surface area contributed by atoms with Gasteiger partial charge in [0.25, 0.3) is 0 Å². The average Bonchev–Trinajstić information content (AvgIpc) is 2.02. The van der Waals surface area contributed by atoms with Gasteiger partial charge in [-0.2, -0.15) is 0 Å². The summed E-state index contributed by atoms with van der Waals surface area (Å²) in [5.41, 5.74) is 0. The van der Waals surface area contributed by atoms with Crippen LogP contribution in [0.4, 0.5) is 13.2 Å².